The van der Waals surface area contributed by atoms with E-state index in [4.69, 9.17) is 4.55 Å². The molecule has 6 heteroatoms. The predicted molar refractivity (Wildman–Crippen MR) is 60.7 cm³/mol. The molecule has 0 aromatic heterocycles. The average Bonchev–Trinajstić information content (AvgIpc) is 2.34. The Bertz CT molecular complexity index is 415. The molecule has 0 spiro atoms. The van der Waals surface area contributed by atoms with E-state index in [9.17, 15) is 13.2 Å². The number of hydrogen-bond acceptors (Lipinski definition) is 3. The third-order valence-corrected chi connectivity index (χ3v) is 5.43. The quantitative estimate of drug-likeness (QED) is 0.587. The SMILES string of the molecule is CC1(C)[C@@H]2CC[C@@]1(CS(=O)(=O)O)C(=O)C2.[Na]. The maximum absolute atomic E-state index is 11.9. The number of Topliss-reactive ketones (excluding diaryl/α,β-unsaturated/α-hetero) is 1. The maximum Gasteiger partial charge on any atom is 0.265 e. The molecular formula is C10H16NaO4S. The summed E-state index contributed by atoms with van der Waals surface area (Å²) in [5.41, 5.74) is -1.12. The minimum Gasteiger partial charge on any atom is -0.299 e. The van der Waals surface area contributed by atoms with Crippen LogP contribution in [0.2, 0.25) is 0 Å². The molecule has 87 valence electrons. The topological polar surface area (TPSA) is 71.4 Å². The van der Waals surface area contributed by atoms with Gasteiger partial charge in [0.05, 0.1) is 11.2 Å². The summed E-state index contributed by atoms with van der Waals surface area (Å²) in [6, 6.07) is 0. The first kappa shape index (κ1) is 14.6. The van der Waals surface area contributed by atoms with E-state index in [1.807, 2.05) is 13.8 Å². The number of carbonyl (C=O) groups excluding carboxylic acids is 1. The van der Waals surface area contributed by atoms with Crippen LogP contribution >= 0.6 is 0 Å². The molecule has 0 unspecified atom stereocenters. The van der Waals surface area contributed by atoms with Crippen molar-refractivity contribution in [2.45, 2.75) is 33.1 Å². The molecule has 0 saturated heterocycles. The number of rotatable bonds is 2. The van der Waals surface area contributed by atoms with Crippen molar-refractivity contribution in [1.29, 1.82) is 0 Å². The van der Waals surface area contributed by atoms with Crippen LogP contribution in [0, 0.1) is 16.7 Å². The van der Waals surface area contributed by atoms with Crippen molar-refractivity contribution in [3.8, 4) is 0 Å². The molecule has 0 aromatic rings. The van der Waals surface area contributed by atoms with Gasteiger partial charge in [-0.25, -0.2) is 0 Å². The van der Waals surface area contributed by atoms with Gasteiger partial charge in [-0.2, -0.15) is 8.42 Å². The molecule has 1 radical (unpaired) electrons. The summed E-state index contributed by atoms with van der Waals surface area (Å²) < 4.78 is 31.0. The minimum absolute atomic E-state index is 0. The summed E-state index contributed by atoms with van der Waals surface area (Å²) in [7, 11) is -4.08. The smallest absolute Gasteiger partial charge is 0.265 e. The summed E-state index contributed by atoms with van der Waals surface area (Å²) in [4.78, 5) is 11.9. The van der Waals surface area contributed by atoms with Crippen molar-refractivity contribution in [2.24, 2.45) is 16.7 Å². The zero-order valence-corrected chi connectivity index (χ0v) is 12.8. The Hall–Kier alpha value is 0.580. The minimum atomic E-state index is -4.08. The molecule has 0 aliphatic heterocycles. The summed E-state index contributed by atoms with van der Waals surface area (Å²) in [6.07, 6.45) is 1.97. The van der Waals surface area contributed by atoms with E-state index >= 15 is 0 Å². The molecule has 2 aliphatic rings. The zero-order chi connectivity index (χ0) is 11.5. The van der Waals surface area contributed by atoms with Crippen molar-refractivity contribution in [2.75, 3.05) is 5.75 Å². The van der Waals surface area contributed by atoms with Crippen molar-refractivity contribution in [1.82, 2.24) is 0 Å². The van der Waals surface area contributed by atoms with Gasteiger partial charge >= 0.3 is 0 Å². The molecule has 2 bridgehead atoms. The Morgan fingerprint density at radius 2 is 2.00 bits per heavy atom. The van der Waals surface area contributed by atoms with Gasteiger partial charge < -0.3 is 0 Å². The van der Waals surface area contributed by atoms with Crippen LogP contribution in [-0.2, 0) is 14.9 Å². The van der Waals surface area contributed by atoms with E-state index in [-0.39, 0.29) is 46.7 Å². The van der Waals surface area contributed by atoms with Gasteiger partial charge in [0.15, 0.2) is 0 Å². The summed E-state index contributed by atoms with van der Waals surface area (Å²) in [6.45, 7) is 3.89. The molecule has 1 N–H and O–H groups in total. The Morgan fingerprint density at radius 3 is 2.31 bits per heavy atom. The molecule has 2 fully saturated rings. The maximum atomic E-state index is 11.9. The number of carbonyl (C=O) groups is 1. The van der Waals surface area contributed by atoms with Crippen LogP contribution in [0.15, 0.2) is 0 Å². The van der Waals surface area contributed by atoms with Gasteiger partial charge in [-0.3, -0.25) is 9.35 Å². The van der Waals surface area contributed by atoms with Gasteiger partial charge in [-0.1, -0.05) is 13.8 Å². The standard InChI is InChI=1S/C10H16O4S.Na/c1-9(2)7-3-4-10(9,8(11)5-7)6-15(12,13)14;/h7H,3-6H2,1-2H3,(H,12,13,14);/t7-,10-;/m1./s1. The molecular weight excluding hydrogens is 239 g/mol. The number of hydrogen-bond donors (Lipinski definition) is 1. The Balaban J connectivity index is 0.00000128. The van der Waals surface area contributed by atoms with Gasteiger partial charge in [0.1, 0.15) is 5.78 Å². The monoisotopic (exact) mass is 255 g/mol. The van der Waals surface area contributed by atoms with E-state index in [1.165, 1.54) is 0 Å². The van der Waals surface area contributed by atoms with Gasteiger partial charge in [-0.15, -0.1) is 0 Å². The van der Waals surface area contributed by atoms with E-state index in [0.717, 1.165) is 6.42 Å². The number of fused-ring (bicyclic) bond motifs is 2. The molecule has 2 saturated carbocycles. The molecule has 2 rings (SSSR count). The average molecular weight is 255 g/mol. The van der Waals surface area contributed by atoms with E-state index < -0.39 is 21.3 Å². The molecule has 2 aliphatic carbocycles. The first-order valence-electron chi connectivity index (χ1n) is 5.17. The van der Waals surface area contributed by atoms with Crippen molar-refractivity contribution < 1.29 is 17.8 Å². The Kier molecular flexibility index (Phi) is 3.71. The Labute approximate surface area is 118 Å². The fraction of sp³-hybridized carbons (Fsp3) is 0.900. The third kappa shape index (κ3) is 1.90. The second kappa shape index (κ2) is 4.05. The first-order chi connectivity index (χ1) is 6.69. The van der Waals surface area contributed by atoms with E-state index in [0.29, 0.717) is 12.8 Å². The van der Waals surface area contributed by atoms with Crippen LogP contribution in [0.5, 0.6) is 0 Å². The molecule has 0 amide bonds. The van der Waals surface area contributed by atoms with Crippen LogP contribution < -0.4 is 0 Å². The van der Waals surface area contributed by atoms with E-state index in [1.54, 1.807) is 0 Å². The van der Waals surface area contributed by atoms with Gasteiger partial charge in [0, 0.05) is 36.0 Å². The van der Waals surface area contributed by atoms with Gasteiger partial charge in [0.2, 0.25) is 0 Å². The molecule has 16 heavy (non-hydrogen) atoms. The summed E-state index contributed by atoms with van der Waals surface area (Å²) in [5, 5.41) is 0. The van der Waals surface area contributed by atoms with Gasteiger partial charge in [0.25, 0.3) is 10.1 Å². The molecule has 0 heterocycles. The van der Waals surface area contributed by atoms with Crippen LogP contribution in [0.25, 0.3) is 0 Å². The van der Waals surface area contributed by atoms with Crippen LogP contribution in [0.3, 0.4) is 0 Å². The fourth-order valence-electron chi connectivity index (χ4n) is 3.42. The van der Waals surface area contributed by atoms with Gasteiger partial charge in [-0.05, 0) is 24.2 Å². The van der Waals surface area contributed by atoms with Crippen LogP contribution in [-0.4, -0.2) is 54.1 Å². The van der Waals surface area contributed by atoms with Crippen LogP contribution in [0.4, 0.5) is 0 Å². The van der Waals surface area contributed by atoms with Crippen molar-refractivity contribution in [3.63, 3.8) is 0 Å². The second-order valence-electron chi connectivity index (χ2n) is 5.39. The molecule has 0 aromatic carbocycles. The Morgan fingerprint density at radius 1 is 1.44 bits per heavy atom. The first-order valence-corrected chi connectivity index (χ1v) is 6.78. The van der Waals surface area contributed by atoms with E-state index in [2.05, 4.69) is 0 Å². The van der Waals surface area contributed by atoms with Crippen molar-refractivity contribution in [3.05, 3.63) is 0 Å². The second-order valence-corrected chi connectivity index (χ2v) is 6.85. The third-order valence-electron chi connectivity index (χ3n) is 4.57. The summed E-state index contributed by atoms with van der Waals surface area (Å²) in [5.74, 6) is -0.101. The largest absolute Gasteiger partial charge is 0.299 e. The molecule has 2 atom stereocenters. The number of ketones is 1. The fourth-order valence-corrected chi connectivity index (χ4v) is 4.72. The molecule has 4 nitrogen and oxygen atoms in total. The van der Waals surface area contributed by atoms with Crippen molar-refractivity contribution >= 4 is 45.5 Å². The predicted octanol–water partition coefficient (Wildman–Crippen LogP) is 0.889. The van der Waals surface area contributed by atoms with Crippen LogP contribution in [0.1, 0.15) is 33.1 Å². The summed E-state index contributed by atoms with van der Waals surface area (Å²) >= 11 is 0. The zero-order valence-electron chi connectivity index (χ0n) is 9.99. The normalized spacial score (nSPS) is 36.2.